The normalized spacial score (nSPS) is 18.4. The Bertz CT molecular complexity index is 1240. The summed E-state index contributed by atoms with van der Waals surface area (Å²) in [6.07, 6.45) is 3.69. The minimum absolute atomic E-state index is 0.191. The van der Waals surface area contributed by atoms with E-state index in [4.69, 9.17) is 4.42 Å². The molecule has 2 aromatic heterocycles. The van der Waals surface area contributed by atoms with E-state index in [2.05, 4.69) is 10.3 Å². The van der Waals surface area contributed by atoms with E-state index >= 15 is 0 Å². The lowest BCUT2D eigenvalue weighted by molar-refractivity contribution is -0.131. The lowest BCUT2D eigenvalue weighted by atomic mass is 9.79. The minimum atomic E-state index is -0.985. The van der Waals surface area contributed by atoms with Crippen molar-refractivity contribution >= 4 is 34.7 Å². The van der Waals surface area contributed by atoms with Gasteiger partial charge in [0.15, 0.2) is 0 Å². The Balaban J connectivity index is 1.53. The molecule has 1 aliphatic rings. The number of aliphatic hydroxyl groups is 1. The van der Waals surface area contributed by atoms with Crippen LogP contribution in [0.4, 0.5) is 5.82 Å². The summed E-state index contributed by atoms with van der Waals surface area (Å²) in [6, 6.07) is 9.30. The summed E-state index contributed by atoms with van der Waals surface area (Å²) in [7, 11) is 1.73. The molecule has 2 atom stereocenters. The number of fused-ring (bicyclic) bond motifs is 2. The Kier molecular flexibility index (Phi) is 5.38. The summed E-state index contributed by atoms with van der Waals surface area (Å²) in [5.41, 5.74) is 2.05. The topological polar surface area (TPSA) is 95.7 Å². The number of furan rings is 1. The van der Waals surface area contributed by atoms with Gasteiger partial charge >= 0.3 is 0 Å². The first-order valence-corrected chi connectivity index (χ1v) is 10.5. The molecule has 0 spiro atoms. The molecule has 0 fully saturated rings. The quantitative estimate of drug-likeness (QED) is 0.595. The van der Waals surface area contributed by atoms with Gasteiger partial charge in [-0.1, -0.05) is 18.2 Å². The number of aromatic nitrogens is 1. The van der Waals surface area contributed by atoms with Crippen LogP contribution in [-0.4, -0.2) is 33.9 Å². The van der Waals surface area contributed by atoms with E-state index in [0.29, 0.717) is 16.9 Å². The van der Waals surface area contributed by atoms with E-state index in [1.165, 1.54) is 6.08 Å². The molecule has 2 N–H and O–H groups in total. The van der Waals surface area contributed by atoms with Gasteiger partial charge in [-0.3, -0.25) is 9.59 Å². The van der Waals surface area contributed by atoms with E-state index in [1.54, 1.807) is 44.1 Å². The van der Waals surface area contributed by atoms with Crippen molar-refractivity contribution in [2.75, 3.05) is 12.4 Å². The number of benzene rings is 1. The SMILES string of the molecule is Cc1c(C(C)N(C)C(=O)/C=C/c2cnc3c(c2)C(O)C(C)(C)C(=O)N3)oc2ccccc12. The molecule has 3 aromatic rings. The van der Waals surface area contributed by atoms with Crippen molar-refractivity contribution in [3.05, 3.63) is 65.1 Å². The van der Waals surface area contributed by atoms with Crippen LogP contribution in [0, 0.1) is 12.3 Å². The third-order valence-electron chi connectivity index (χ3n) is 6.34. The number of carbonyl (C=O) groups is 2. The number of nitrogens with one attached hydrogen (secondary N) is 1. The highest BCUT2D eigenvalue weighted by Crippen LogP contribution is 2.41. The molecule has 0 saturated heterocycles. The van der Waals surface area contributed by atoms with Crippen LogP contribution in [0.2, 0.25) is 0 Å². The number of aliphatic hydroxyl groups excluding tert-OH is 1. The maximum absolute atomic E-state index is 12.8. The van der Waals surface area contributed by atoms with E-state index in [-0.39, 0.29) is 17.9 Å². The monoisotopic (exact) mass is 433 g/mol. The van der Waals surface area contributed by atoms with Crippen molar-refractivity contribution in [3.8, 4) is 0 Å². The molecular weight excluding hydrogens is 406 g/mol. The molecule has 1 aromatic carbocycles. The van der Waals surface area contributed by atoms with Crippen LogP contribution in [0.3, 0.4) is 0 Å². The number of nitrogens with zero attached hydrogens (tertiary/aromatic N) is 2. The van der Waals surface area contributed by atoms with Crippen LogP contribution >= 0.6 is 0 Å². The maximum atomic E-state index is 12.8. The van der Waals surface area contributed by atoms with E-state index < -0.39 is 11.5 Å². The van der Waals surface area contributed by atoms with Gasteiger partial charge < -0.3 is 19.7 Å². The number of carbonyl (C=O) groups excluding carboxylic acids is 2. The molecule has 0 aliphatic carbocycles. The van der Waals surface area contributed by atoms with Crippen molar-refractivity contribution in [2.45, 2.75) is 39.8 Å². The van der Waals surface area contributed by atoms with Crippen LogP contribution in [0.1, 0.15) is 55.4 Å². The van der Waals surface area contributed by atoms with Gasteiger partial charge in [0.1, 0.15) is 17.2 Å². The molecule has 1 aliphatic heterocycles. The Hall–Kier alpha value is -3.45. The molecule has 3 heterocycles. The molecule has 0 radical (unpaired) electrons. The standard InChI is InChI=1S/C25H27N3O4/c1-14-17-8-6-7-9-19(17)32-21(14)15(2)28(5)20(29)11-10-16-12-18-22(30)25(3,4)24(31)27-23(18)26-13-16/h6-13,15,22,30H,1-5H3,(H,26,27,31)/b11-10+. The summed E-state index contributed by atoms with van der Waals surface area (Å²) in [5.74, 6) is 0.632. The molecule has 0 saturated carbocycles. The molecular formula is C25H27N3O4. The zero-order valence-corrected chi connectivity index (χ0v) is 18.8. The minimum Gasteiger partial charge on any atom is -0.459 e. The highest BCUT2D eigenvalue weighted by Gasteiger charge is 2.42. The van der Waals surface area contributed by atoms with Crippen molar-refractivity contribution in [3.63, 3.8) is 0 Å². The van der Waals surface area contributed by atoms with Crippen LogP contribution in [0.25, 0.3) is 17.0 Å². The number of amides is 2. The summed E-state index contributed by atoms with van der Waals surface area (Å²) < 4.78 is 6.01. The van der Waals surface area contributed by atoms with E-state index in [0.717, 1.165) is 22.3 Å². The average molecular weight is 434 g/mol. The third-order valence-corrected chi connectivity index (χ3v) is 6.34. The van der Waals surface area contributed by atoms with Gasteiger partial charge in [-0.25, -0.2) is 4.98 Å². The summed E-state index contributed by atoms with van der Waals surface area (Å²) >= 11 is 0. The first-order chi connectivity index (χ1) is 15.1. The fourth-order valence-electron chi connectivity index (χ4n) is 3.93. The Morgan fingerprint density at radius 1 is 1.34 bits per heavy atom. The maximum Gasteiger partial charge on any atom is 0.246 e. The van der Waals surface area contributed by atoms with Crippen molar-refractivity contribution in [1.82, 2.24) is 9.88 Å². The number of hydrogen-bond acceptors (Lipinski definition) is 5. The first-order valence-electron chi connectivity index (χ1n) is 10.5. The largest absolute Gasteiger partial charge is 0.459 e. The summed E-state index contributed by atoms with van der Waals surface area (Å²) in [6.45, 7) is 7.28. The summed E-state index contributed by atoms with van der Waals surface area (Å²) in [4.78, 5) is 30.8. The summed E-state index contributed by atoms with van der Waals surface area (Å²) in [5, 5.41) is 14.4. The molecule has 2 unspecified atom stereocenters. The van der Waals surface area contributed by atoms with Crippen molar-refractivity contribution in [2.24, 2.45) is 5.41 Å². The average Bonchev–Trinajstić information content (AvgIpc) is 3.12. The van der Waals surface area contributed by atoms with Gasteiger partial charge in [-0.2, -0.15) is 0 Å². The zero-order valence-electron chi connectivity index (χ0n) is 18.8. The second-order valence-corrected chi connectivity index (χ2v) is 8.83. The van der Waals surface area contributed by atoms with Crippen molar-refractivity contribution < 1.29 is 19.1 Å². The lowest BCUT2D eigenvalue weighted by Crippen LogP contribution is -2.41. The van der Waals surface area contributed by atoms with Gasteiger partial charge in [-0.05, 0) is 51.5 Å². The van der Waals surface area contributed by atoms with Crippen LogP contribution in [-0.2, 0) is 9.59 Å². The molecule has 4 rings (SSSR count). The van der Waals surface area contributed by atoms with Crippen LogP contribution in [0.15, 0.2) is 47.0 Å². The number of rotatable bonds is 4. The first kappa shape index (κ1) is 21.8. The second-order valence-electron chi connectivity index (χ2n) is 8.83. The van der Waals surface area contributed by atoms with Crippen molar-refractivity contribution in [1.29, 1.82) is 0 Å². The zero-order chi connectivity index (χ0) is 23.2. The Morgan fingerprint density at radius 2 is 2.06 bits per heavy atom. The Morgan fingerprint density at radius 3 is 2.78 bits per heavy atom. The fourth-order valence-corrected chi connectivity index (χ4v) is 3.93. The highest BCUT2D eigenvalue weighted by molar-refractivity contribution is 5.98. The van der Waals surface area contributed by atoms with E-state index in [9.17, 15) is 14.7 Å². The molecule has 166 valence electrons. The number of para-hydroxylation sites is 1. The predicted octanol–water partition coefficient (Wildman–Crippen LogP) is 4.38. The van der Waals surface area contributed by atoms with E-state index in [1.807, 2.05) is 38.1 Å². The van der Waals surface area contributed by atoms with Gasteiger partial charge in [0.25, 0.3) is 0 Å². The number of aryl methyl sites for hydroxylation is 1. The fraction of sp³-hybridized carbons (Fsp3) is 0.320. The van der Waals surface area contributed by atoms with Gasteiger partial charge in [0.2, 0.25) is 11.8 Å². The highest BCUT2D eigenvalue weighted by atomic mass is 16.3. The van der Waals surface area contributed by atoms with Crippen LogP contribution < -0.4 is 5.32 Å². The third kappa shape index (κ3) is 3.58. The van der Waals surface area contributed by atoms with Crippen LogP contribution in [0.5, 0.6) is 0 Å². The molecule has 7 nitrogen and oxygen atoms in total. The van der Waals surface area contributed by atoms with Gasteiger partial charge in [0.05, 0.1) is 17.6 Å². The lowest BCUT2D eigenvalue weighted by Gasteiger charge is -2.34. The Labute approximate surface area is 186 Å². The van der Waals surface area contributed by atoms with Gasteiger partial charge in [-0.15, -0.1) is 0 Å². The number of pyridine rings is 1. The number of hydrogen-bond donors (Lipinski definition) is 2. The number of likely N-dealkylation sites (N-methyl/N-ethyl adjacent to an activating group) is 1. The molecule has 2 amide bonds. The predicted molar refractivity (Wildman–Crippen MR) is 123 cm³/mol. The number of anilines is 1. The van der Waals surface area contributed by atoms with Gasteiger partial charge in [0, 0.05) is 35.8 Å². The smallest absolute Gasteiger partial charge is 0.246 e. The second kappa shape index (κ2) is 7.91. The molecule has 32 heavy (non-hydrogen) atoms. The molecule has 7 heteroatoms. The molecule has 0 bridgehead atoms.